The summed E-state index contributed by atoms with van der Waals surface area (Å²) in [4.78, 5) is 0.422. The molecule has 0 atom stereocenters. The molecule has 1 aliphatic heterocycles. The minimum absolute atomic E-state index is 0.0850. The fourth-order valence-corrected chi connectivity index (χ4v) is 3.31. The van der Waals surface area contributed by atoms with Crippen molar-refractivity contribution in [2.75, 3.05) is 6.61 Å². The van der Waals surface area contributed by atoms with Crippen molar-refractivity contribution in [1.82, 2.24) is 0 Å². The number of hydrogen-bond acceptors (Lipinski definition) is 3. The number of rotatable bonds is 1. The average Bonchev–Trinajstić information content (AvgIpc) is 2.38. The number of hydrogen-bond donors (Lipinski definition) is 1. The predicted octanol–water partition coefficient (Wildman–Crippen LogP) is 1.12. The zero-order valence-electron chi connectivity index (χ0n) is 7.69. The van der Waals surface area contributed by atoms with E-state index < -0.39 is 16.4 Å². The van der Waals surface area contributed by atoms with E-state index >= 15 is 0 Å². The monoisotopic (exact) mass is 210 g/mol. The summed E-state index contributed by atoms with van der Waals surface area (Å²) in [5, 5.41) is 8.92. The molecule has 0 spiro atoms. The molecule has 0 aromatic heterocycles. The SMILES string of the molecule is Cc1cccc2c1S(=O)(=O)C(CO)=C2. The van der Waals surface area contributed by atoms with Crippen molar-refractivity contribution in [1.29, 1.82) is 0 Å². The number of aryl methyl sites for hydroxylation is 1. The van der Waals surface area contributed by atoms with Gasteiger partial charge in [0.15, 0.2) is 0 Å². The van der Waals surface area contributed by atoms with Crippen molar-refractivity contribution in [3.05, 3.63) is 34.2 Å². The standard InChI is InChI=1S/C10H10O3S/c1-7-3-2-4-8-5-9(6-11)14(12,13)10(7)8/h2-5,11H,6H2,1H3. The Morgan fingerprint density at radius 2 is 2.07 bits per heavy atom. The molecular weight excluding hydrogens is 200 g/mol. The van der Waals surface area contributed by atoms with Crippen LogP contribution in [0.4, 0.5) is 0 Å². The Labute approximate surface area is 82.6 Å². The molecule has 1 aliphatic rings. The lowest BCUT2D eigenvalue weighted by molar-refractivity contribution is 0.339. The average molecular weight is 210 g/mol. The molecule has 1 aromatic rings. The quantitative estimate of drug-likeness (QED) is 0.755. The van der Waals surface area contributed by atoms with E-state index in [0.717, 1.165) is 5.56 Å². The smallest absolute Gasteiger partial charge is 0.205 e. The summed E-state index contributed by atoms with van der Waals surface area (Å²) in [5.74, 6) is 0. The lowest BCUT2D eigenvalue weighted by Crippen LogP contribution is -2.05. The summed E-state index contributed by atoms with van der Waals surface area (Å²) >= 11 is 0. The molecule has 3 nitrogen and oxygen atoms in total. The summed E-state index contributed by atoms with van der Waals surface area (Å²) < 4.78 is 23.6. The van der Waals surface area contributed by atoms with Crippen LogP contribution in [-0.2, 0) is 9.84 Å². The van der Waals surface area contributed by atoms with Crippen LogP contribution in [0, 0.1) is 6.92 Å². The van der Waals surface area contributed by atoms with Gasteiger partial charge in [0.2, 0.25) is 9.84 Å². The Morgan fingerprint density at radius 1 is 1.36 bits per heavy atom. The summed E-state index contributed by atoms with van der Waals surface area (Å²) in [5.41, 5.74) is 1.40. The number of benzene rings is 1. The third-order valence-corrected chi connectivity index (χ3v) is 4.36. The third kappa shape index (κ3) is 1.11. The van der Waals surface area contributed by atoms with Crippen LogP contribution in [0.25, 0.3) is 6.08 Å². The first kappa shape index (κ1) is 9.43. The fraction of sp³-hybridized carbons (Fsp3) is 0.200. The van der Waals surface area contributed by atoms with E-state index in [2.05, 4.69) is 0 Å². The van der Waals surface area contributed by atoms with Gasteiger partial charge in [0, 0.05) is 0 Å². The van der Waals surface area contributed by atoms with Crippen molar-refractivity contribution >= 4 is 15.9 Å². The first-order valence-electron chi connectivity index (χ1n) is 4.23. The highest BCUT2D eigenvalue weighted by molar-refractivity contribution is 7.96. The van der Waals surface area contributed by atoms with Crippen molar-refractivity contribution in [2.24, 2.45) is 0 Å². The molecule has 0 fully saturated rings. The van der Waals surface area contributed by atoms with Crippen molar-refractivity contribution < 1.29 is 13.5 Å². The van der Waals surface area contributed by atoms with Gasteiger partial charge in [-0.3, -0.25) is 0 Å². The summed E-state index contributed by atoms with van der Waals surface area (Å²) in [6, 6.07) is 5.30. The van der Waals surface area contributed by atoms with E-state index in [9.17, 15) is 8.42 Å². The second-order valence-corrected chi connectivity index (χ2v) is 5.20. The predicted molar refractivity (Wildman–Crippen MR) is 53.4 cm³/mol. The lowest BCUT2D eigenvalue weighted by Gasteiger charge is -2.03. The van der Waals surface area contributed by atoms with E-state index in [4.69, 9.17) is 5.11 Å². The molecule has 4 heteroatoms. The minimum Gasteiger partial charge on any atom is -0.391 e. The van der Waals surface area contributed by atoms with E-state index in [1.807, 2.05) is 0 Å². The van der Waals surface area contributed by atoms with Crippen LogP contribution in [0.2, 0.25) is 0 Å². The molecule has 2 rings (SSSR count). The van der Waals surface area contributed by atoms with Gasteiger partial charge in [-0.25, -0.2) is 8.42 Å². The first-order valence-corrected chi connectivity index (χ1v) is 5.72. The van der Waals surface area contributed by atoms with Crippen molar-refractivity contribution in [2.45, 2.75) is 11.8 Å². The molecule has 14 heavy (non-hydrogen) atoms. The van der Waals surface area contributed by atoms with Gasteiger partial charge in [-0.1, -0.05) is 18.2 Å². The summed E-state index contributed by atoms with van der Waals surface area (Å²) in [6.07, 6.45) is 1.53. The van der Waals surface area contributed by atoms with Gasteiger partial charge in [0.05, 0.1) is 16.4 Å². The summed E-state index contributed by atoms with van der Waals surface area (Å²) in [6.45, 7) is 1.32. The second kappa shape index (κ2) is 2.93. The lowest BCUT2D eigenvalue weighted by atomic mass is 10.1. The maximum Gasteiger partial charge on any atom is 0.205 e. The molecule has 0 unspecified atom stereocenters. The largest absolute Gasteiger partial charge is 0.391 e. The van der Waals surface area contributed by atoms with Crippen LogP contribution in [0.5, 0.6) is 0 Å². The molecule has 1 heterocycles. The molecule has 74 valence electrons. The minimum atomic E-state index is -3.42. The van der Waals surface area contributed by atoms with Crippen LogP contribution in [0.3, 0.4) is 0 Å². The zero-order valence-corrected chi connectivity index (χ0v) is 8.50. The maximum absolute atomic E-state index is 11.8. The normalized spacial score (nSPS) is 17.7. The molecule has 0 saturated carbocycles. The third-order valence-electron chi connectivity index (χ3n) is 2.33. The van der Waals surface area contributed by atoms with Crippen LogP contribution in [-0.4, -0.2) is 20.1 Å². The number of aliphatic hydroxyl groups excluding tert-OH is 1. The van der Waals surface area contributed by atoms with Gasteiger partial charge in [0.25, 0.3) is 0 Å². The highest BCUT2D eigenvalue weighted by atomic mass is 32.2. The van der Waals surface area contributed by atoms with Crippen LogP contribution >= 0.6 is 0 Å². The summed E-state index contributed by atoms with van der Waals surface area (Å²) in [7, 11) is -3.42. The fourth-order valence-electron chi connectivity index (χ4n) is 1.67. The highest BCUT2D eigenvalue weighted by Crippen LogP contribution is 2.34. The molecule has 0 saturated heterocycles. The molecule has 1 N–H and O–H groups in total. The van der Waals surface area contributed by atoms with Gasteiger partial charge in [-0.2, -0.15) is 0 Å². The molecule has 0 amide bonds. The Hall–Kier alpha value is -1.13. The number of sulfone groups is 1. The van der Waals surface area contributed by atoms with Crippen LogP contribution in [0.1, 0.15) is 11.1 Å². The van der Waals surface area contributed by atoms with E-state index in [1.165, 1.54) is 6.08 Å². The van der Waals surface area contributed by atoms with Gasteiger partial charge in [-0.15, -0.1) is 0 Å². The van der Waals surface area contributed by atoms with E-state index in [1.54, 1.807) is 25.1 Å². The Kier molecular flexibility index (Phi) is 1.97. The molecule has 0 aliphatic carbocycles. The first-order chi connectivity index (χ1) is 6.57. The van der Waals surface area contributed by atoms with Crippen molar-refractivity contribution in [3.63, 3.8) is 0 Å². The van der Waals surface area contributed by atoms with Gasteiger partial charge < -0.3 is 5.11 Å². The Morgan fingerprint density at radius 3 is 2.64 bits per heavy atom. The van der Waals surface area contributed by atoms with Gasteiger partial charge in [-0.05, 0) is 24.1 Å². The number of fused-ring (bicyclic) bond motifs is 1. The van der Waals surface area contributed by atoms with E-state index in [-0.39, 0.29) is 4.91 Å². The number of aliphatic hydroxyl groups is 1. The van der Waals surface area contributed by atoms with Crippen LogP contribution in [0.15, 0.2) is 28.0 Å². The Bertz CT molecular complexity index is 512. The van der Waals surface area contributed by atoms with Gasteiger partial charge >= 0.3 is 0 Å². The topological polar surface area (TPSA) is 54.4 Å². The molecule has 1 aromatic carbocycles. The Balaban J connectivity index is 2.78. The molecule has 0 radical (unpaired) electrons. The molecular formula is C10H10O3S. The molecule has 0 bridgehead atoms. The van der Waals surface area contributed by atoms with E-state index in [0.29, 0.717) is 10.5 Å². The highest BCUT2D eigenvalue weighted by Gasteiger charge is 2.30. The van der Waals surface area contributed by atoms with Crippen molar-refractivity contribution in [3.8, 4) is 0 Å². The second-order valence-electron chi connectivity index (χ2n) is 3.27. The van der Waals surface area contributed by atoms with Crippen LogP contribution < -0.4 is 0 Å². The zero-order chi connectivity index (χ0) is 10.3. The van der Waals surface area contributed by atoms with Gasteiger partial charge in [0.1, 0.15) is 0 Å². The maximum atomic E-state index is 11.8.